The van der Waals surface area contributed by atoms with Crippen LogP contribution < -0.4 is 10.1 Å². The first kappa shape index (κ1) is 13.7. The van der Waals surface area contributed by atoms with Crippen LogP contribution in [0, 0.1) is 6.92 Å². The Hall–Kier alpha value is -1.68. The molecule has 0 bridgehead atoms. The lowest BCUT2D eigenvalue weighted by Crippen LogP contribution is -2.02. The topological polar surface area (TPSA) is 41.5 Å². The molecule has 0 aliphatic heterocycles. The quantitative estimate of drug-likeness (QED) is 0.891. The molecule has 0 aliphatic rings. The first-order chi connectivity index (χ1) is 9.10. The molecule has 0 heterocycles. The predicted molar refractivity (Wildman–Crippen MR) is 80.9 cm³/mol. The van der Waals surface area contributed by atoms with Gasteiger partial charge in [-0.05, 0) is 31.2 Å². The van der Waals surface area contributed by atoms with E-state index in [2.05, 4.69) is 21.2 Å². The van der Waals surface area contributed by atoms with E-state index >= 15 is 0 Å². The average molecular weight is 322 g/mol. The Labute approximate surface area is 121 Å². The number of rotatable bonds is 4. The molecule has 2 rings (SSSR count). The van der Waals surface area contributed by atoms with Crippen molar-refractivity contribution in [1.29, 1.82) is 0 Å². The second kappa shape index (κ2) is 5.97. The highest BCUT2D eigenvalue weighted by molar-refractivity contribution is 9.10. The van der Waals surface area contributed by atoms with Gasteiger partial charge in [0.25, 0.3) is 0 Å². The molecule has 0 saturated carbocycles. The molecule has 0 atom stereocenters. The average Bonchev–Trinajstić information content (AvgIpc) is 2.40. The van der Waals surface area contributed by atoms with E-state index in [9.17, 15) is 5.11 Å². The Morgan fingerprint density at radius 2 is 2.00 bits per heavy atom. The number of anilines is 1. The third kappa shape index (κ3) is 3.41. The second-order valence-corrected chi connectivity index (χ2v) is 5.25. The van der Waals surface area contributed by atoms with Gasteiger partial charge in [-0.3, -0.25) is 0 Å². The van der Waals surface area contributed by atoms with Gasteiger partial charge in [0.05, 0.1) is 12.8 Å². The van der Waals surface area contributed by atoms with E-state index < -0.39 is 0 Å². The number of hydrogen-bond acceptors (Lipinski definition) is 3. The van der Waals surface area contributed by atoms with E-state index in [0.717, 1.165) is 27.0 Å². The normalized spacial score (nSPS) is 10.3. The minimum absolute atomic E-state index is 0.298. The molecule has 0 aromatic heterocycles. The molecule has 100 valence electrons. The van der Waals surface area contributed by atoms with E-state index in [4.69, 9.17) is 4.74 Å². The maximum absolute atomic E-state index is 9.81. The van der Waals surface area contributed by atoms with Crippen LogP contribution in [0.1, 0.15) is 11.1 Å². The molecule has 0 amide bonds. The molecule has 3 nitrogen and oxygen atoms in total. The van der Waals surface area contributed by atoms with Crippen molar-refractivity contribution in [3.8, 4) is 11.5 Å². The number of halogens is 1. The molecule has 19 heavy (non-hydrogen) atoms. The maximum Gasteiger partial charge on any atom is 0.142 e. The lowest BCUT2D eigenvalue weighted by Gasteiger charge is -2.12. The molecular formula is C15H16BrNO2. The van der Waals surface area contributed by atoms with Crippen molar-refractivity contribution < 1.29 is 9.84 Å². The van der Waals surface area contributed by atoms with Gasteiger partial charge in [-0.2, -0.15) is 0 Å². The number of hydrogen-bond donors (Lipinski definition) is 2. The number of aromatic hydroxyl groups is 1. The highest BCUT2D eigenvalue weighted by atomic mass is 79.9. The molecule has 0 fully saturated rings. The number of phenols is 1. The Morgan fingerprint density at radius 1 is 1.21 bits per heavy atom. The van der Waals surface area contributed by atoms with Gasteiger partial charge in [0.1, 0.15) is 11.5 Å². The number of nitrogens with one attached hydrogen (secondary N) is 1. The van der Waals surface area contributed by atoms with Gasteiger partial charge in [-0.25, -0.2) is 0 Å². The third-order valence-corrected chi connectivity index (χ3v) is 3.36. The van der Waals surface area contributed by atoms with Crippen LogP contribution in [0.5, 0.6) is 11.5 Å². The largest absolute Gasteiger partial charge is 0.508 e. The van der Waals surface area contributed by atoms with Crippen LogP contribution in [0.4, 0.5) is 5.69 Å². The predicted octanol–water partition coefficient (Wildman–Crippen LogP) is 4.08. The fourth-order valence-corrected chi connectivity index (χ4v) is 2.23. The summed E-state index contributed by atoms with van der Waals surface area (Å²) in [4.78, 5) is 0. The van der Waals surface area contributed by atoms with Crippen molar-refractivity contribution in [1.82, 2.24) is 0 Å². The summed E-state index contributed by atoms with van der Waals surface area (Å²) < 4.78 is 6.27. The fraction of sp³-hybridized carbons (Fsp3) is 0.200. The highest BCUT2D eigenvalue weighted by Crippen LogP contribution is 2.29. The monoisotopic (exact) mass is 321 g/mol. The van der Waals surface area contributed by atoms with Crippen LogP contribution in [-0.4, -0.2) is 12.2 Å². The van der Waals surface area contributed by atoms with Crippen LogP contribution in [0.3, 0.4) is 0 Å². The summed E-state index contributed by atoms with van der Waals surface area (Å²) >= 11 is 3.43. The van der Waals surface area contributed by atoms with Crippen LogP contribution in [0.15, 0.2) is 40.9 Å². The molecular weight excluding hydrogens is 306 g/mol. The van der Waals surface area contributed by atoms with Gasteiger partial charge in [-0.1, -0.05) is 33.6 Å². The Kier molecular flexibility index (Phi) is 4.32. The summed E-state index contributed by atoms with van der Waals surface area (Å²) in [7, 11) is 1.64. The number of ether oxygens (including phenoxy) is 1. The van der Waals surface area contributed by atoms with E-state index in [1.54, 1.807) is 13.2 Å². The number of phenolic OH excluding ortho intramolecular Hbond substituents is 1. The van der Waals surface area contributed by atoms with Crippen LogP contribution in [0.2, 0.25) is 0 Å². The standard InChI is InChI=1S/C15H16BrNO2/c1-10-3-5-14(18)11(7-10)9-17-13-8-12(16)4-6-15(13)19-2/h3-8,17-18H,9H2,1-2H3. The van der Waals surface area contributed by atoms with E-state index in [0.29, 0.717) is 12.3 Å². The van der Waals surface area contributed by atoms with Gasteiger partial charge in [-0.15, -0.1) is 0 Å². The molecule has 2 aromatic carbocycles. The first-order valence-corrected chi connectivity index (χ1v) is 6.75. The van der Waals surface area contributed by atoms with Crippen molar-refractivity contribution in [3.05, 3.63) is 52.0 Å². The number of benzene rings is 2. The SMILES string of the molecule is COc1ccc(Br)cc1NCc1cc(C)ccc1O. The van der Waals surface area contributed by atoms with Gasteiger partial charge >= 0.3 is 0 Å². The zero-order chi connectivity index (χ0) is 13.8. The number of methoxy groups -OCH3 is 1. The van der Waals surface area contributed by atoms with Crippen molar-refractivity contribution in [2.24, 2.45) is 0 Å². The Balaban J connectivity index is 2.18. The summed E-state index contributed by atoms with van der Waals surface area (Å²) in [6.07, 6.45) is 0. The summed E-state index contributed by atoms with van der Waals surface area (Å²) in [5.41, 5.74) is 2.87. The maximum atomic E-state index is 9.81. The molecule has 0 saturated heterocycles. The fourth-order valence-electron chi connectivity index (χ4n) is 1.86. The highest BCUT2D eigenvalue weighted by Gasteiger charge is 2.05. The minimum atomic E-state index is 0.298. The van der Waals surface area contributed by atoms with E-state index in [1.807, 2.05) is 37.3 Å². The van der Waals surface area contributed by atoms with Crippen molar-refractivity contribution >= 4 is 21.6 Å². The van der Waals surface area contributed by atoms with Crippen molar-refractivity contribution in [3.63, 3.8) is 0 Å². The van der Waals surface area contributed by atoms with Gasteiger partial charge in [0.2, 0.25) is 0 Å². The Morgan fingerprint density at radius 3 is 2.74 bits per heavy atom. The van der Waals surface area contributed by atoms with Gasteiger partial charge < -0.3 is 15.2 Å². The van der Waals surface area contributed by atoms with Gasteiger partial charge in [0, 0.05) is 16.6 Å². The third-order valence-electron chi connectivity index (χ3n) is 2.87. The van der Waals surface area contributed by atoms with E-state index in [1.165, 1.54) is 0 Å². The zero-order valence-corrected chi connectivity index (χ0v) is 12.5. The Bertz CT molecular complexity index is 584. The van der Waals surface area contributed by atoms with Crippen LogP contribution in [0.25, 0.3) is 0 Å². The molecule has 0 radical (unpaired) electrons. The first-order valence-electron chi connectivity index (χ1n) is 5.96. The molecule has 0 unspecified atom stereocenters. The van der Waals surface area contributed by atoms with Crippen molar-refractivity contribution in [2.45, 2.75) is 13.5 Å². The lowest BCUT2D eigenvalue weighted by atomic mass is 10.1. The molecule has 2 N–H and O–H groups in total. The molecule has 0 spiro atoms. The summed E-state index contributed by atoms with van der Waals surface area (Å²) in [6.45, 7) is 2.54. The zero-order valence-electron chi connectivity index (χ0n) is 10.9. The van der Waals surface area contributed by atoms with Crippen molar-refractivity contribution in [2.75, 3.05) is 12.4 Å². The second-order valence-electron chi connectivity index (χ2n) is 4.33. The van der Waals surface area contributed by atoms with Gasteiger partial charge in [0.15, 0.2) is 0 Å². The summed E-state index contributed by atoms with van der Waals surface area (Å²) in [6, 6.07) is 11.3. The minimum Gasteiger partial charge on any atom is -0.508 e. The van der Waals surface area contributed by atoms with E-state index in [-0.39, 0.29) is 0 Å². The molecule has 0 aliphatic carbocycles. The number of aryl methyl sites for hydroxylation is 1. The molecule has 4 heteroatoms. The molecule has 2 aromatic rings. The lowest BCUT2D eigenvalue weighted by molar-refractivity contribution is 0.416. The smallest absolute Gasteiger partial charge is 0.142 e. The van der Waals surface area contributed by atoms with Crippen LogP contribution >= 0.6 is 15.9 Å². The summed E-state index contributed by atoms with van der Waals surface area (Å²) in [5, 5.41) is 13.1. The van der Waals surface area contributed by atoms with Crippen LogP contribution in [-0.2, 0) is 6.54 Å². The summed E-state index contributed by atoms with van der Waals surface area (Å²) in [5.74, 6) is 1.07.